The molecule has 0 radical (unpaired) electrons. The molecule has 0 N–H and O–H groups in total. The van der Waals surface area contributed by atoms with Gasteiger partial charge in [0.1, 0.15) is 5.15 Å². The Kier molecular flexibility index (Phi) is 3.95. The highest BCUT2D eigenvalue weighted by Gasteiger charge is 2.11. The molecule has 0 saturated carbocycles. The number of nitrogens with zero attached hydrogens (tertiary/aromatic N) is 2. The average molecular weight is 415 g/mol. The number of benzene rings is 2. The Hall–Kier alpha value is -1.47. The average Bonchev–Trinajstić information content (AvgIpc) is 2.47. The lowest BCUT2D eigenvalue weighted by atomic mass is 10.2. The smallest absolute Gasteiger partial charge is 0.165 e. The Morgan fingerprint density at radius 3 is 2.67 bits per heavy atom. The second-order valence-electron chi connectivity index (χ2n) is 4.35. The molecule has 6 heteroatoms. The van der Waals surface area contributed by atoms with Crippen LogP contribution in [0.4, 0.5) is 4.39 Å². The van der Waals surface area contributed by atoms with Crippen LogP contribution < -0.4 is 4.74 Å². The first-order chi connectivity index (χ1) is 10.1. The number of fused-ring (bicyclic) bond motifs is 1. The third kappa shape index (κ3) is 2.80. The molecule has 0 aliphatic heterocycles. The van der Waals surface area contributed by atoms with E-state index in [4.69, 9.17) is 16.3 Å². The van der Waals surface area contributed by atoms with Crippen molar-refractivity contribution in [2.75, 3.05) is 7.11 Å². The second kappa shape index (κ2) is 5.73. The van der Waals surface area contributed by atoms with Crippen LogP contribution in [0.25, 0.3) is 22.3 Å². The molecule has 0 aliphatic carbocycles. The van der Waals surface area contributed by atoms with E-state index in [2.05, 4.69) is 32.6 Å². The molecule has 0 spiro atoms. The summed E-state index contributed by atoms with van der Waals surface area (Å²) in [6.45, 7) is 0. The van der Waals surface area contributed by atoms with Gasteiger partial charge >= 0.3 is 0 Å². The van der Waals surface area contributed by atoms with E-state index in [-0.39, 0.29) is 5.75 Å². The standard InChI is InChI=1S/C15H9ClFIN2O/c1-21-13-5-2-8(6-11(13)17)15-19-12-4-3-9(18)7-10(12)14(16)20-15/h2-7H,1H3. The van der Waals surface area contributed by atoms with Crippen LogP contribution in [-0.4, -0.2) is 17.1 Å². The van der Waals surface area contributed by atoms with Crippen molar-refractivity contribution in [1.82, 2.24) is 9.97 Å². The van der Waals surface area contributed by atoms with Gasteiger partial charge in [-0.2, -0.15) is 0 Å². The Balaban J connectivity index is 2.17. The van der Waals surface area contributed by atoms with Crippen LogP contribution in [0.3, 0.4) is 0 Å². The molecule has 0 aliphatic rings. The van der Waals surface area contributed by atoms with Crippen LogP contribution in [0.2, 0.25) is 5.15 Å². The van der Waals surface area contributed by atoms with Crippen LogP contribution in [0.1, 0.15) is 0 Å². The van der Waals surface area contributed by atoms with Gasteiger partial charge in [-0.05, 0) is 59.0 Å². The van der Waals surface area contributed by atoms with Gasteiger partial charge in [-0.25, -0.2) is 14.4 Å². The predicted molar refractivity (Wildman–Crippen MR) is 89.2 cm³/mol. The van der Waals surface area contributed by atoms with Crippen LogP contribution in [-0.2, 0) is 0 Å². The minimum Gasteiger partial charge on any atom is -0.494 e. The molecule has 3 aromatic rings. The molecular formula is C15H9ClFIN2O. The molecule has 3 nitrogen and oxygen atoms in total. The first-order valence-corrected chi connectivity index (χ1v) is 7.51. The lowest BCUT2D eigenvalue weighted by Gasteiger charge is -2.07. The molecular weight excluding hydrogens is 406 g/mol. The van der Waals surface area contributed by atoms with Crippen molar-refractivity contribution >= 4 is 45.1 Å². The van der Waals surface area contributed by atoms with E-state index in [1.54, 1.807) is 12.1 Å². The first-order valence-electron chi connectivity index (χ1n) is 6.05. The zero-order chi connectivity index (χ0) is 15.0. The van der Waals surface area contributed by atoms with Gasteiger partial charge in [0.25, 0.3) is 0 Å². The maximum absolute atomic E-state index is 13.8. The van der Waals surface area contributed by atoms with Crippen LogP contribution in [0.15, 0.2) is 36.4 Å². The normalized spacial score (nSPS) is 10.9. The van der Waals surface area contributed by atoms with E-state index in [0.29, 0.717) is 16.5 Å². The number of ether oxygens (including phenoxy) is 1. The Morgan fingerprint density at radius 2 is 1.95 bits per heavy atom. The largest absolute Gasteiger partial charge is 0.494 e. The topological polar surface area (TPSA) is 35.0 Å². The van der Waals surface area contributed by atoms with Crippen molar-refractivity contribution < 1.29 is 9.13 Å². The van der Waals surface area contributed by atoms with Gasteiger partial charge in [-0.15, -0.1) is 0 Å². The fourth-order valence-electron chi connectivity index (χ4n) is 2.00. The van der Waals surface area contributed by atoms with Crippen LogP contribution in [0, 0.1) is 9.39 Å². The van der Waals surface area contributed by atoms with E-state index < -0.39 is 5.82 Å². The molecule has 0 fully saturated rings. The fourth-order valence-corrected chi connectivity index (χ4v) is 2.72. The quantitative estimate of drug-likeness (QED) is 0.450. The summed E-state index contributed by atoms with van der Waals surface area (Å²) in [4.78, 5) is 8.69. The molecule has 1 heterocycles. The number of rotatable bonds is 2. The molecule has 3 rings (SSSR count). The van der Waals surface area contributed by atoms with Crippen molar-refractivity contribution in [2.45, 2.75) is 0 Å². The summed E-state index contributed by atoms with van der Waals surface area (Å²) in [6, 6.07) is 10.3. The summed E-state index contributed by atoms with van der Waals surface area (Å²) in [5, 5.41) is 1.13. The van der Waals surface area contributed by atoms with Gasteiger partial charge in [-0.1, -0.05) is 11.6 Å². The second-order valence-corrected chi connectivity index (χ2v) is 5.95. The first kappa shape index (κ1) is 14.5. The number of hydrogen-bond acceptors (Lipinski definition) is 3. The van der Waals surface area contributed by atoms with E-state index >= 15 is 0 Å². The minimum atomic E-state index is -0.461. The van der Waals surface area contributed by atoms with Crippen LogP contribution in [0.5, 0.6) is 5.75 Å². The maximum atomic E-state index is 13.8. The van der Waals surface area contributed by atoms with E-state index in [1.165, 1.54) is 13.2 Å². The predicted octanol–water partition coefficient (Wildman–Crippen LogP) is 4.70. The summed E-state index contributed by atoms with van der Waals surface area (Å²) >= 11 is 8.41. The van der Waals surface area contributed by atoms with Crippen molar-refractivity contribution in [3.63, 3.8) is 0 Å². The molecule has 106 valence electrons. The zero-order valence-corrected chi connectivity index (χ0v) is 13.8. The van der Waals surface area contributed by atoms with Gasteiger partial charge in [-0.3, -0.25) is 0 Å². The summed E-state index contributed by atoms with van der Waals surface area (Å²) < 4.78 is 19.7. The number of methoxy groups -OCH3 is 1. The van der Waals surface area contributed by atoms with E-state index in [0.717, 1.165) is 14.5 Å². The summed E-state index contributed by atoms with van der Waals surface area (Å²) in [6.07, 6.45) is 0. The SMILES string of the molecule is COc1ccc(-c2nc(Cl)c3cc(I)ccc3n2)cc1F. The molecule has 0 saturated heterocycles. The molecule has 0 atom stereocenters. The summed E-state index contributed by atoms with van der Waals surface area (Å²) in [7, 11) is 1.42. The Labute approximate surface area is 139 Å². The molecule has 1 aromatic heterocycles. The number of aromatic nitrogens is 2. The third-order valence-electron chi connectivity index (χ3n) is 3.02. The Morgan fingerprint density at radius 1 is 1.14 bits per heavy atom. The van der Waals surface area contributed by atoms with Gasteiger partial charge in [0.05, 0.1) is 12.6 Å². The number of hydrogen-bond donors (Lipinski definition) is 0. The van der Waals surface area contributed by atoms with Crippen molar-refractivity contribution in [1.29, 1.82) is 0 Å². The highest BCUT2D eigenvalue weighted by Crippen LogP contribution is 2.28. The maximum Gasteiger partial charge on any atom is 0.165 e. The van der Waals surface area contributed by atoms with E-state index in [9.17, 15) is 4.39 Å². The fraction of sp³-hybridized carbons (Fsp3) is 0.0667. The van der Waals surface area contributed by atoms with Crippen LogP contribution >= 0.6 is 34.2 Å². The zero-order valence-electron chi connectivity index (χ0n) is 10.9. The molecule has 0 bridgehead atoms. The monoisotopic (exact) mass is 414 g/mol. The van der Waals surface area contributed by atoms with Crippen molar-refractivity contribution in [3.8, 4) is 17.1 Å². The van der Waals surface area contributed by atoms with Gasteiger partial charge in [0.2, 0.25) is 0 Å². The molecule has 0 unspecified atom stereocenters. The van der Waals surface area contributed by atoms with Gasteiger partial charge < -0.3 is 4.74 Å². The minimum absolute atomic E-state index is 0.181. The lowest BCUT2D eigenvalue weighted by Crippen LogP contribution is -1.94. The summed E-state index contributed by atoms with van der Waals surface area (Å²) in [5.74, 6) is 0.105. The number of halogens is 3. The van der Waals surface area contributed by atoms with E-state index in [1.807, 2.05) is 18.2 Å². The molecule has 21 heavy (non-hydrogen) atoms. The van der Waals surface area contributed by atoms with Crippen molar-refractivity contribution in [2.24, 2.45) is 0 Å². The highest BCUT2D eigenvalue weighted by atomic mass is 127. The lowest BCUT2D eigenvalue weighted by molar-refractivity contribution is 0.386. The highest BCUT2D eigenvalue weighted by molar-refractivity contribution is 14.1. The molecule has 0 amide bonds. The van der Waals surface area contributed by atoms with Gasteiger partial charge in [0, 0.05) is 14.5 Å². The van der Waals surface area contributed by atoms with Gasteiger partial charge in [0.15, 0.2) is 17.4 Å². The van der Waals surface area contributed by atoms with Crippen molar-refractivity contribution in [3.05, 3.63) is 50.9 Å². The molecule has 2 aromatic carbocycles. The summed E-state index contributed by atoms with van der Waals surface area (Å²) in [5.41, 5.74) is 1.28. The Bertz CT molecular complexity index is 841. The third-order valence-corrected chi connectivity index (χ3v) is 3.98.